The van der Waals surface area contributed by atoms with Gasteiger partial charge in [0.25, 0.3) is 0 Å². The van der Waals surface area contributed by atoms with Gasteiger partial charge < -0.3 is 4.90 Å². The van der Waals surface area contributed by atoms with E-state index >= 15 is 0 Å². The minimum atomic E-state index is 0.390. The monoisotopic (exact) mass is 284 g/mol. The van der Waals surface area contributed by atoms with Gasteiger partial charge in [-0.15, -0.1) is 0 Å². The number of carbonyl (C=O) groups is 1. The van der Waals surface area contributed by atoms with Gasteiger partial charge in [-0.3, -0.25) is 4.79 Å². The van der Waals surface area contributed by atoms with Crippen LogP contribution in [0.2, 0.25) is 5.02 Å². The van der Waals surface area contributed by atoms with Gasteiger partial charge in [0, 0.05) is 17.8 Å². The second-order valence-corrected chi connectivity index (χ2v) is 4.63. The maximum Gasteiger partial charge on any atom is 0.150 e. The highest BCUT2D eigenvalue weighted by Crippen LogP contribution is 2.32. The molecule has 2 rings (SSSR count). The smallest absolute Gasteiger partial charge is 0.150 e. The molecule has 0 aliphatic heterocycles. The van der Waals surface area contributed by atoms with Crippen LogP contribution in [-0.4, -0.2) is 12.8 Å². The summed E-state index contributed by atoms with van der Waals surface area (Å²) in [6.45, 7) is 0.542. The van der Waals surface area contributed by atoms with Gasteiger partial charge >= 0.3 is 0 Å². The fourth-order valence-corrected chi connectivity index (χ4v) is 2.26. The molecule has 0 fully saturated rings. The molecule has 0 amide bonds. The second-order valence-electron chi connectivity index (χ2n) is 4.22. The first kappa shape index (κ1) is 14.1. The molecule has 3 nitrogen and oxygen atoms in total. The first-order valence-electron chi connectivity index (χ1n) is 6.20. The SMILES string of the molecule is N#CCCN(c1ccccc1)c1ccc(C=O)cc1Cl. The summed E-state index contributed by atoms with van der Waals surface area (Å²) in [5.41, 5.74) is 2.29. The standard InChI is InChI=1S/C16H13ClN2O/c17-15-11-13(12-20)7-8-16(15)19(10-4-9-18)14-5-2-1-3-6-14/h1-3,5-8,11-12H,4,10H2. The summed E-state index contributed by atoms with van der Waals surface area (Å²) in [6, 6.07) is 17.0. The van der Waals surface area contributed by atoms with E-state index in [2.05, 4.69) is 6.07 Å². The lowest BCUT2D eigenvalue weighted by Gasteiger charge is -2.25. The van der Waals surface area contributed by atoms with Gasteiger partial charge in [-0.1, -0.05) is 29.8 Å². The van der Waals surface area contributed by atoms with Crippen LogP contribution in [0.1, 0.15) is 16.8 Å². The maximum atomic E-state index is 10.8. The van der Waals surface area contributed by atoms with Crippen LogP contribution in [0.15, 0.2) is 48.5 Å². The van der Waals surface area contributed by atoms with Gasteiger partial charge in [-0.2, -0.15) is 5.26 Å². The molecule has 0 heterocycles. The lowest BCUT2D eigenvalue weighted by atomic mass is 10.2. The number of halogens is 1. The Kier molecular flexibility index (Phi) is 4.75. The predicted octanol–water partition coefficient (Wildman–Crippen LogP) is 4.20. The molecule has 2 aromatic carbocycles. The molecular weight excluding hydrogens is 272 g/mol. The highest BCUT2D eigenvalue weighted by atomic mass is 35.5. The van der Waals surface area contributed by atoms with Crippen molar-refractivity contribution in [1.82, 2.24) is 0 Å². The Morgan fingerprint density at radius 2 is 1.95 bits per heavy atom. The number of aldehydes is 1. The fourth-order valence-electron chi connectivity index (χ4n) is 1.97. The summed E-state index contributed by atoms with van der Waals surface area (Å²) in [4.78, 5) is 12.7. The van der Waals surface area contributed by atoms with Gasteiger partial charge in [0.1, 0.15) is 6.29 Å². The Bertz CT molecular complexity index is 635. The molecule has 0 saturated carbocycles. The third-order valence-corrected chi connectivity index (χ3v) is 3.22. The van der Waals surface area contributed by atoms with Crippen LogP contribution < -0.4 is 4.90 Å². The fraction of sp³-hybridized carbons (Fsp3) is 0.125. The minimum absolute atomic E-state index is 0.390. The van der Waals surface area contributed by atoms with Crippen LogP contribution in [0.5, 0.6) is 0 Å². The average molecular weight is 285 g/mol. The Labute approximate surface area is 123 Å². The number of benzene rings is 2. The van der Waals surface area contributed by atoms with E-state index in [9.17, 15) is 4.79 Å². The highest BCUT2D eigenvalue weighted by Gasteiger charge is 2.12. The largest absolute Gasteiger partial charge is 0.339 e. The minimum Gasteiger partial charge on any atom is -0.339 e. The van der Waals surface area contributed by atoms with Crippen LogP contribution >= 0.6 is 11.6 Å². The van der Waals surface area contributed by atoms with Crippen molar-refractivity contribution < 1.29 is 4.79 Å². The van der Waals surface area contributed by atoms with Crippen LogP contribution in [0, 0.1) is 11.3 Å². The molecule has 0 spiro atoms. The molecule has 20 heavy (non-hydrogen) atoms. The quantitative estimate of drug-likeness (QED) is 0.773. The van der Waals surface area contributed by atoms with Gasteiger partial charge in [-0.25, -0.2) is 0 Å². The topological polar surface area (TPSA) is 44.1 Å². The first-order chi connectivity index (χ1) is 9.76. The van der Waals surface area contributed by atoms with E-state index in [0.717, 1.165) is 17.7 Å². The summed E-state index contributed by atoms with van der Waals surface area (Å²) >= 11 is 6.25. The number of rotatable bonds is 5. The summed E-state index contributed by atoms with van der Waals surface area (Å²) in [6.07, 6.45) is 1.15. The Morgan fingerprint density at radius 1 is 1.20 bits per heavy atom. The van der Waals surface area contributed by atoms with E-state index < -0.39 is 0 Å². The summed E-state index contributed by atoms with van der Waals surface area (Å²) in [7, 11) is 0. The van der Waals surface area contributed by atoms with Gasteiger partial charge in [0.15, 0.2) is 0 Å². The lowest BCUT2D eigenvalue weighted by Crippen LogP contribution is -2.18. The Morgan fingerprint density at radius 3 is 2.55 bits per heavy atom. The number of anilines is 2. The molecule has 0 atom stereocenters. The van der Waals surface area contributed by atoms with Gasteiger partial charge in [-0.05, 0) is 30.3 Å². The predicted molar refractivity (Wildman–Crippen MR) is 80.5 cm³/mol. The molecule has 4 heteroatoms. The molecular formula is C16H13ClN2O. The van der Waals surface area contributed by atoms with Gasteiger partial charge in [0.2, 0.25) is 0 Å². The molecule has 0 aromatic heterocycles. The van der Waals surface area contributed by atoms with Crippen molar-refractivity contribution in [3.05, 3.63) is 59.1 Å². The molecule has 0 aliphatic rings. The van der Waals surface area contributed by atoms with E-state index in [1.165, 1.54) is 0 Å². The van der Waals surface area contributed by atoms with E-state index in [-0.39, 0.29) is 0 Å². The lowest BCUT2D eigenvalue weighted by molar-refractivity contribution is 0.112. The van der Waals surface area contributed by atoms with Crippen molar-refractivity contribution in [3.63, 3.8) is 0 Å². The molecule has 0 unspecified atom stereocenters. The van der Waals surface area contributed by atoms with Crippen molar-refractivity contribution in [2.24, 2.45) is 0 Å². The molecule has 0 radical (unpaired) electrons. The zero-order valence-corrected chi connectivity index (χ0v) is 11.5. The van der Waals surface area contributed by atoms with Gasteiger partial charge in [0.05, 0.1) is 23.2 Å². The maximum absolute atomic E-state index is 10.8. The second kappa shape index (κ2) is 6.74. The zero-order valence-electron chi connectivity index (χ0n) is 10.8. The molecule has 0 aliphatic carbocycles. The van der Waals surface area contributed by atoms with Crippen molar-refractivity contribution >= 4 is 29.3 Å². The van der Waals surface area contributed by atoms with E-state index in [1.807, 2.05) is 35.2 Å². The average Bonchev–Trinajstić information content (AvgIpc) is 2.50. The summed E-state index contributed by atoms with van der Waals surface area (Å²) in [5, 5.41) is 9.30. The molecule has 100 valence electrons. The summed E-state index contributed by atoms with van der Waals surface area (Å²) < 4.78 is 0. The van der Waals surface area contributed by atoms with Crippen LogP contribution in [0.4, 0.5) is 11.4 Å². The number of para-hydroxylation sites is 1. The first-order valence-corrected chi connectivity index (χ1v) is 6.58. The number of hydrogen-bond donors (Lipinski definition) is 0. The van der Waals surface area contributed by atoms with E-state index in [1.54, 1.807) is 18.2 Å². The van der Waals surface area contributed by atoms with Crippen molar-refractivity contribution in [3.8, 4) is 6.07 Å². The number of carbonyl (C=O) groups excluding carboxylic acids is 1. The van der Waals surface area contributed by atoms with E-state index in [4.69, 9.17) is 16.9 Å². The number of nitrogens with zero attached hydrogens (tertiary/aromatic N) is 2. The van der Waals surface area contributed by atoms with Crippen molar-refractivity contribution in [1.29, 1.82) is 5.26 Å². The Hall–Kier alpha value is -2.31. The molecule has 0 bridgehead atoms. The zero-order chi connectivity index (χ0) is 14.4. The van der Waals surface area contributed by atoms with Crippen molar-refractivity contribution in [2.75, 3.05) is 11.4 Å². The third kappa shape index (κ3) is 3.17. The Balaban J connectivity index is 2.41. The van der Waals surface area contributed by atoms with Crippen LogP contribution in [0.25, 0.3) is 0 Å². The molecule has 0 saturated heterocycles. The number of hydrogen-bond acceptors (Lipinski definition) is 3. The molecule has 0 N–H and O–H groups in total. The molecule has 2 aromatic rings. The summed E-state index contributed by atoms with van der Waals surface area (Å²) in [5.74, 6) is 0. The third-order valence-electron chi connectivity index (χ3n) is 2.91. The normalized spacial score (nSPS) is 9.80. The highest BCUT2D eigenvalue weighted by molar-refractivity contribution is 6.33. The van der Waals surface area contributed by atoms with Crippen LogP contribution in [-0.2, 0) is 0 Å². The number of nitriles is 1. The van der Waals surface area contributed by atoms with E-state index in [0.29, 0.717) is 23.6 Å². The van der Waals surface area contributed by atoms with Crippen molar-refractivity contribution in [2.45, 2.75) is 6.42 Å². The van der Waals surface area contributed by atoms with Crippen LogP contribution in [0.3, 0.4) is 0 Å².